The Labute approximate surface area is 120 Å². The van der Waals surface area contributed by atoms with Crippen molar-refractivity contribution >= 4 is 17.5 Å². The molecule has 20 heavy (non-hydrogen) atoms. The van der Waals surface area contributed by atoms with E-state index in [4.69, 9.17) is 0 Å². The maximum absolute atomic E-state index is 11.5. The molecule has 0 saturated heterocycles. The first-order valence-electron chi connectivity index (χ1n) is 7.14. The molecule has 1 amide bonds. The lowest BCUT2D eigenvalue weighted by Crippen LogP contribution is -2.31. The highest BCUT2D eigenvalue weighted by atomic mass is 16.1. The van der Waals surface area contributed by atoms with Gasteiger partial charge in [-0.25, -0.2) is 9.97 Å². The monoisotopic (exact) mass is 279 g/mol. The number of hydrogen-bond donors (Lipinski definition) is 3. The van der Waals surface area contributed by atoms with Crippen LogP contribution >= 0.6 is 0 Å². The Hall–Kier alpha value is -1.85. The predicted molar refractivity (Wildman–Crippen MR) is 82.0 cm³/mol. The highest BCUT2D eigenvalue weighted by Gasteiger charge is 2.05. The van der Waals surface area contributed by atoms with E-state index in [-0.39, 0.29) is 11.9 Å². The van der Waals surface area contributed by atoms with E-state index in [0.29, 0.717) is 13.0 Å². The van der Waals surface area contributed by atoms with Crippen molar-refractivity contribution in [1.82, 2.24) is 15.3 Å². The number of aromatic nitrogens is 2. The Bertz CT molecular complexity index is 434. The third kappa shape index (κ3) is 5.86. The fraction of sp³-hybridized carbons (Fsp3) is 0.643. The minimum Gasteiger partial charge on any atom is -0.373 e. The molecule has 0 aliphatic heterocycles. The maximum atomic E-state index is 11.5. The predicted octanol–water partition coefficient (Wildman–Crippen LogP) is 1.80. The Morgan fingerprint density at radius 1 is 1.30 bits per heavy atom. The third-order valence-corrected chi connectivity index (χ3v) is 2.61. The second-order valence-corrected chi connectivity index (χ2v) is 4.95. The van der Waals surface area contributed by atoms with Crippen LogP contribution in [-0.2, 0) is 11.2 Å². The van der Waals surface area contributed by atoms with Gasteiger partial charge in [0.05, 0.1) is 0 Å². The van der Waals surface area contributed by atoms with E-state index in [2.05, 4.69) is 32.8 Å². The van der Waals surface area contributed by atoms with Gasteiger partial charge in [0.1, 0.15) is 17.5 Å². The number of aryl methyl sites for hydroxylation is 1. The highest BCUT2D eigenvalue weighted by molar-refractivity contribution is 5.76. The Balaban J connectivity index is 2.54. The zero-order chi connectivity index (χ0) is 15.0. The van der Waals surface area contributed by atoms with Crippen LogP contribution in [0.2, 0.25) is 0 Å². The van der Waals surface area contributed by atoms with Gasteiger partial charge >= 0.3 is 0 Å². The first kappa shape index (κ1) is 16.2. The van der Waals surface area contributed by atoms with Gasteiger partial charge in [-0.05, 0) is 20.3 Å². The van der Waals surface area contributed by atoms with Crippen molar-refractivity contribution in [1.29, 1.82) is 0 Å². The molecule has 0 fully saturated rings. The maximum Gasteiger partial charge on any atom is 0.221 e. The van der Waals surface area contributed by atoms with Crippen molar-refractivity contribution in [3.63, 3.8) is 0 Å². The standard InChI is InChI=1S/C14H25N5O/c1-5-6-11-18-12(15-4)9-13(19-11)16-8-7-14(20)17-10(2)3/h9-10H,5-8H2,1-4H3,(H,17,20)(H2,15,16,18,19). The van der Waals surface area contributed by atoms with Gasteiger partial charge in [0.2, 0.25) is 5.91 Å². The number of anilines is 2. The van der Waals surface area contributed by atoms with Gasteiger partial charge in [-0.3, -0.25) is 4.79 Å². The molecule has 0 atom stereocenters. The van der Waals surface area contributed by atoms with Crippen molar-refractivity contribution in [3.05, 3.63) is 11.9 Å². The summed E-state index contributed by atoms with van der Waals surface area (Å²) in [6.45, 7) is 6.56. The second kappa shape index (κ2) is 8.35. The minimum absolute atomic E-state index is 0.0455. The molecule has 3 N–H and O–H groups in total. The fourth-order valence-electron chi connectivity index (χ4n) is 1.75. The average molecular weight is 279 g/mol. The van der Waals surface area contributed by atoms with E-state index in [0.717, 1.165) is 30.3 Å². The molecular formula is C14H25N5O. The van der Waals surface area contributed by atoms with E-state index in [1.807, 2.05) is 27.0 Å². The molecule has 0 saturated carbocycles. The number of hydrogen-bond acceptors (Lipinski definition) is 5. The van der Waals surface area contributed by atoms with Crippen LogP contribution < -0.4 is 16.0 Å². The SMILES string of the molecule is CCCc1nc(NC)cc(NCCC(=O)NC(C)C)n1. The number of rotatable bonds is 8. The Morgan fingerprint density at radius 3 is 2.60 bits per heavy atom. The largest absolute Gasteiger partial charge is 0.373 e. The van der Waals surface area contributed by atoms with Gasteiger partial charge in [-0.1, -0.05) is 6.92 Å². The lowest BCUT2D eigenvalue weighted by molar-refractivity contribution is -0.121. The Morgan fingerprint density at radius 2 is 2.00 bits per heavy atom. The lowest BCUT2D eigenvalue weighted by Gasteiger charge is -2.11. The van der Waals surface area contributed by atoms with Crippen molar-refractivity contribution in [2.24, 2.45) is 0 Å². The molecule has 1 rings (SSSR count). The summed E-state index contributed by atoms with van der Waals surface area (Å²) in [7, 11) is 1.83. The average Bonchev–Trinajstić information content (AvgIpc) is 2.38. The van der Waals surface area contributed by atoms with E-state index < -0.39 is 0 Å². The number of carbonyl (C=O) groups excluding carboxylic acids is 1. The molecular weight excluding hydrogens is 254 g/mol. The third-order valence-electron chi connectivity index (χ3n) is 2.61. The van der Waals surface area contributed by atoms with Crippen molar-refractivity contribution in [3.8, 4) is 0 Å². The summed E-state index contributed by atoms with van der Waals surface area (Å²) in [5.41, 5.74) is 0. The molecule has 6 heteroatoms. The summed E-state index contributed by atoms with van der Waals surface area (Å²) in [5, 5.41) is 9.05. The van der Waals surface area contributed by atoms with Gasteiger partial charge in [0.25, 0.3) is 0 Å². The molecule has 6 nitrogen and oxygen atoms in total. The van der Waals surface area contributed by atoms with E-state index in [1.54, 1.807) is 0 Å². The summed E-state index contributed by atoms with van der Waals surface area (Å²) in [6, 6.07) is 2.02. The molecule has 0 radical (unpaired) electrons. The van der Waals surface area contributed by atoms with Gasteiger partial charge in [0.15, 0.2) is 0 Å². The molecule has 0 bridgehead atoms. The number of amides is 1. The smallest absolute Gasteiger partial charge is 0.221 e. The summed E-state index contributed by atoms with van der Waals surface area (Å²) in [4.78, 5) is 20.4. The summed E-state index contributed by atoms with van der Waals surface area (Å²) < 4.78 is 0. The molecule has 0 spiro atoms. The van der Waals surface area contributed by atoms with Crippen molar-refractivity contribution < 1.29 is 4.79 Å². The summed E-state index contributed by atoms with van der Waals surface area (Å²) in [6.07, 6.45) is 2.28. The number of carbonyl (C=O) groups is 1. The van der Waals surface area contributed by atoms with Crippen LogP contribution in [-0.4, -0.2) is 35.5 Å². The normalized spacial score (nSPS) is 10.4. The van der Waals surface area contributed by atoms with Crippen molar-refractivity contribution in [2.75, 3.05) is 24.2 Å². The Kier molecular flexibility index (Phi) is 6.76. The fourth-order valence-corrected chi connectivity index (χ4v) is 1.75. The van der Waals surface area contributed by atoms with Crippen LogP contribution in [0, 0.1) is 0 Å². The zero-order valence-electron chi connectivity index (χ0n) is 12.8. The molecule has 0 aliphatic carbocycles. The van der Waals surface area contributed by atoms with Gasteiger partial charge in [-0.15, -0.1) is 0 Å². The summed E-state index contributed by atoms with van der Waals surface area (Å²) >= 11 is 0. The van der Waals surface area contributed by atoms with Gasteiger partial charge in [-0.2, -0.15) is 0 Å². The lowest BCUT2D eigenvalue weighted by atomic mass is 10.3. The van der Waals surface area contributed by atoms with E-state index in [1.165, 1.54) is 0 Å². The molecule has 1 heterocycles. The second-order valence-electron chi connectivity index (χ2n) is 4.95. The highest BCUT2D eigenvalue weighted by Crippen LogP contribution is 2.11. The molecule has 0 unspecified atom stereocenters. The minimum atomic E-state index is 0.0455. The first-order chi connectivity index (χ1) is 9.55. The molecule has 1 aromatic heterocycles. The van der Waals surface area contributed by atoms with Crippen LogP contribution in [0.15, 0.2) is 6.07 Å². The quantitative estimate of drug-likeness (QED) is 0.676. The molecule has 1 aromatic rings. The van der Waals surface area contributed by atoms with Crippen LogP contribution in [0.4, 0.5) is 11.6 Å². The van der Waals surface area contributed by atoms with E-state index in [9.17, 15) is 4.79 Å². The molecule has 0 aromatic carbocycles. The first-order valence-corrected chi connectivity index (χ1v) is 7.14. The van der Waals surface area contributed by atoms with Crippen LogP contribution in [0.3, 0.4) is 0 Å². The van der Waals surface area contributed by atoms with Gasteiger partial charge in [0, 0.05) is 38.5 Å². The van der Waals surface area contributed by atoms with Crippen molar-refractivity contribution in [2.45, 2.75) is 46.1 Å². The molecule has 0 aliphatic rings. The van der Waals surface area contributed by atoms with Crippen LogP contribution in [0.25, 0.3) is 0 Å². The van der Waals surface area contributed by atoms with Crippen LogP contribution in [0.1, 0.15) is 39.4 Å². The van der Waals surface area contributed by atoms with Crippen LogP contribution in [0.5, 0.6) is 0 Å². The van der Waals surface area contributed by atoms with E-state index >= 15 is 0 Å². The number of nitrogens with zero attached hydrogens (tertiary/aromatic N) is 2. The number of nitrogens with one attached hydrogen (secondary N) is 3. The van der Waals surface area contributed by atoms with Gasteiger partial charge < -0.3 is 16.0 Å². The summed E-state index contributed by atoms with van der Waals surface area (Å²) in [5.74, 6) is 2.40. The zero-order valence-corrected chi connectivity index (χ0v) is 12.8. The molecule has 112 valence electrons. The topological polar surface area (TPSA) is 78.9 Å².